The number of nitrogens with one attached hydrogen (secondary N) is 1. The second kappa shape index (κ2) is 8.71. The van der Waals surface area contributed by atoms with E-state index >= 15 is 0 Å². The van der Waals surface area contributed by atoms with Crippen molar-refractivity contribution in [2.75, 3.05) is 36.5 Å². The van der Waals surface area contributed by atoms with Crippen LogP contribution >= 0.6 is 11.8 Å². The Morgan fingerprint density at radius 1 is 1.30 bits per heavy atom. The number of nitrogens with two attached hydrogens (primary N) is 1. The molecule has 0 aromatic heterocycles. The zero-order valence-corrected chi connectivity index (χ0v) is 15.1. The molecule has 1 unspecified atom stereocenters. The molecule has 1 atom stereocenters. The molecule has 0 bridgehead atoms. The largest absolute Gasteiger partial charge is 0.325 e. The van der Waals surface area contributed by atoms with Crippen molar-refractivity contribution in [1.82, 2.24) is 4.90 Å². The minimum absolute atomic E-state index is 0.113. The molecule has 1 aliphatic heterocycles. The summed E-state index contributed by atoms with van der Waals surface area (Å²) >= 11 is 2.04. The molecule has 1 aromatic rings. The highest BCUT2D eigenvalue weighted by molar-refractivity contribution is 7.99. The average Bonchev–Trinajstić information content (AvgIpc) is 2.55. The maximum absolute atomic E-state index is 12.2. The topological polar surface area (TPSA) is 58.4 Å². The van der Waals surface area contributed by atoms with Gasteiger partial charge in [-0.05, 0) is 37.5 Å². The van der Waals surface area contributed by atoms with Crippen LogP contribution in [0.15, 0.2) is 24.3 Å². The van der Waals surface area contributed by atoms with Gasteiger partial charge in [0.15, 0.2) is 0 Å². The van der Waals surface area contributed by atoms with Crippen molar-refractivity contribution in [3.05, 3.63) is 29.8 Å². The fraction of sp³-hybridized carbons (Fsp3) is 0.611. The number of benzene rings is 1. The van der Waals surface area contributed by atoms with Crippen molar-refractivity contribution in [2.24, 2.45) is 5.73 Å². The zero-order valence-electron chi connectivity index (χ0n) is 14.3. The van der Waals surface area contributed by atoms with Crippen LogP contribution in [0.2, 0.25) is 0 Å². The van der Waals surface area contributed by atoms with Gasteiger partial charge >= 0.3 is 0 Å². The Morgan fingerprint density at radius 2 is 1.96 bits per heavy atom. The fourth-order valence-corrected chi connectivity index (χ4v) is 3.75. The van der Waals surface area contributed by atoms with Crippen LogP contribution in [-0.4, -0.2) is 47.5 Å². The Labute approximate surface area is 144 Å². The van der Waals surface area contributed by atoms with E-state index in [4.69, 9.17) is 5.73 Å². The number of hydrogen-bond donors (Lipinski definition) is 2. The molecular formula is C18H29N3OS. The van der Waals surface area contributed by atoms with E-state index in [0.29, 0.717) is 6.42 Å². The summed E-state index contributed by atoms with van der Waals surface area (Å²) in [6.07, 6.45) is 2.64. The van der Waals surface area contributed by atoms with Crippen LogP contribution in [0.4, 0.5) is 5.69 Å². The second-order valence-corrected chi connectivity index (χ2v) is 7.75. The summed E-state index contributed by atoms with van der Waals surface area (Å²) in [6, 6.07) is 8.15. The number of anilines is 1. The van der Waals surface area contributed by atoms with Crippen LogP contribution < -0.4 is 11.1 Å². The number of carbonyl (C=O) groups is 1. The molecular weight excluding hydrogens is 306 g/mol. The van der Waals surface area contributed by atoms with Gasteiger partial charge in [0.1, 0.15) is 0 Å². The summed E-state index contributed by atoms with van der Waals surface area (Å²) in [5.74, 6) is 2.39. The van der Waals surface area contributed by atoms with E-state index in [9.17, 15) is 4.79 Å². The Morgan fingerprint density at radius 3 is 2.57 bits per heavy atom. The van der Waals surface area contributed by atoms with Gasteiger partial charge in [0.2, 0.25) is 5.91 Å². The van der Waals surface area contributed by atoms with Gasteiger partial charge in [-0.3, -0.25) is 4.79 Å². The summed E-state index contributed by atoms with van der Waals surface area (Å²) in [5, 5.41) is 2.92. The first-order valence-corrected chi connectivity index (χ1v) is 9.66. The predicted octanol–water partition coefficient (Wildman–Crippen LogP) is 2.73. The summed E-state index contributed by atoms with van der Waals surface area (Å²) < 4.78 is 0. The van der Waals surface area contributed by atoms with Crippen molar-refractivity contribution >= 4 is 23.4 Å². The highest BCUT2D eigenvalue weighted by Crippen LogP contribution is 2.16. The van der Waals surface area contributed by atoms with Gasteiger partial charge in [0.25, 0.3) is 0 Å². The Kier molecular flexibility index (Phi) is 6.93. The Bertz CT molecular complexity index is 495. The van der Waals surface area contributed by atoms with Crippen molar-refractivity contribution in [3.8, 4) is 0 Å². The normalized spacial score (nSPS) is 18.4. The maximum Gasteiger partial charge on any atom is 0.244 e. The van der Waals surface area contributed by atoms with E-state index in [2.05, 4.69) is 22.3 Å². The molecule has 23 heavy (non-hydrogen) atoms. The average molecular weight is 336 g/mol. The number of rotatable bonds is 7. The van der Waals surface area contributed by atoms with Crippen molar-refractivity contribution in [1.29, 1.82) is 0 Å². The lowest BCUT2D eigenvalue weighted by atomic mass is 9.96. The molecule has 5 heteroatoms. The van der Waals surface area contributed by atoms with Crippen molar-refractivity contribution in [2.45, 2.75) is 38.6 Å². The number of amides is 1. The first kappa shape index (κ1) is 18.3. The van der Waals surface area contributed by atoms with Crippen LogP contribution in [0.5, 0.6) is 0 Å². The molecule has 3 N–H and O–H groups in total. The van der Waals surface area contributed by atoms with E-state index < -0.39 is 5.54 Å². The smallest absolute Gasteiger partial charge is 0.244 e. The molecule has 1 saturated heterocycles. The molecule has 0 radical (unpaired) electrons. The maximum atomic E-state index is 12.2. The van der Waals surface area contributed by atoms with E-state index in [1.54, 1.807) is 6.92 Å². The Balaban J connectivity index is 1.83. The molecule has 1 amide bonds. The molecule has 1 heterocycles. The van der Waals surface area contributed by atoms with E-state index in [-0.39, 0.29) is 5.91 Å². The lowest BCUT2D eigenvalue weighted by Crippen LogP contribution is -2.48. The third-order valence-corrected chi connectivity index (χ3v) is 5.26. The third-order valence-electron chi connectivity index (χ3n) is 4.32. The molecule has 1 fully saturated rings. The number of carbonyl (C=O) groups excluding carboxylic acids is 1. The molecule has 0 aliphatic carbocycles. The third kappa shape index (κ3) is 5.83. The lowest BCUT2D eigenvalue weighted by Gasteiger charge is -2.26. The molecule has 0 saturated carbocycles. The zero-order chi connectivity index (χ0) is 16.7. The van der Waals surface area contributed by atoms with Gasteiger partial charge in [0.05, 0.1) is 5.54 Å². The van der Waals surface area contributed by atoms with Gasteiger partial charge in [-0.25, -0.2) is 0 Å². The molecule has 0 spiro atoms. The van der Waals surface area contributed by atoms with Gasteiger partial charge in [-0.15, -0.1) is 0 Å². The van der Waals surface area contributed by atoms with Gasteiger partial charge < -0.3 is 16.0 Å². The highest BCUT2D eigenvalue weighted by Gasteiger charge is 2.27. The van der Waals surface area contributed by atoms with Crippen molar-refractivity contribution < 1.29 is 4.79 Å². The monoisotopic (exact) mass is 335 g/mol. The number of thioether (sulfide) groups is 1. The number of nitrogens with zero attached hydrogens (tertiary/aromatic N) is 1. The SMILES string of the molecule is CCCC(C)(N)C(=O)Nc1ccc(CCN2CCSCC2)cc1. The highest BCUT2D eigenvalue weighted by atomic mass is 32.2. The van der Waals surface area contributed by atoms with Gasteiger partial charge in [0, 0.05) is 36.8 Å². The van der Waals surface area contributed by atoms with Crippen LogP contribution in [0.3, 0.4) is 0 Å². The molecule has 2 rings (SSSR count). The molecule has 1 aliphatic rings. The molecule has 4 nitrogen and oxygen atoms in total. The van der Waals surface area contributed by atoms with E-state index in [0.717, 1.165) is 25.1 Å². The minimum atomic E-state index is -0.806. The van der Waals surface area contributed by atoms with Crippen molar-refractivity contribution in [3.63, 3.8) is 0 Å². The van der Waals surface area contributed by atoms with Crippen LogP contribution in [0, 0.1) is 0 Å². The quantitative estimate of drug-likeness (QED) is 0.804. The lowest BCUT2D eigenvalue weighted by molar-refractivity contribution is -0.120. The Hall–Kier alpha value is -1.04. The number of hydrogen-bond acceptors (Lipinski definition) is 4. The van der Waals surface area contributed by atoms with Crippen LogP contribution in [-0.2, 0) is 11.2 Å². The first-order valence-electron chi connectivity index (χ1n) is 8.50. The standard InChI is InChI=1S/C18H29N3OS/c1-3-9-18(2,19)17(22)20-16-6-4-15(5-7-16)8-10-21-11-13-23-14-12-21/h4-7H,3,8-14,19H2,1-2H3,(H,20,22). The molecule has 1 aromatic carbocycles. The van der Waals surface area contributed by atoms with E-state index in [1.807, 2.05) is 30.8 Å². The summed E-state index contributed by atoms with van der Waals surface area (Å²) in [7, 11) is 0. The molecule has 128 valence electrons. The minimum Gasteiger partial charge on any atom is -0.325 e. The van der Waals surface area contributed by atoms with Crippen LogP contribution in [0.25, 0.3) is 0 Å². The summed E-state index contributed by atoms with van der Waals surface area (Å²) in [6.45, 7) is 7.34. The summed E-state index contributed by atoms with van der Waals surface area (Å²) in [5.41, 5.74) is 7.38. The fourth-order valence-electron chi connectivity index (χ4n) is 2.77. The van der Waals surface area contributed by atoms with Gasteiger partial charge in [-0.2, -0.15) is 11.8 Å². The summed E-state index contributed by atoms with van der Waals surface area (Å²) in [4.78, 5) is 14.7. The van der Waals surface area contributed by atoms with Gasteiger partial charge in [-0.1, -0.05) is 25.5 Å². The van der Waals surface area contributed by atoms with Crippen LogP contribution in [0.1, 0.15) is 32.3 Å². The van der Waals surface area contributed by atoms with E-state index in [1.165, 1.54) is 30.2 Å². The predicted molar refractivity (Wildman–Crippen MR) is 100 cm³/mol. The first-order chi connectivity index (χ1) is 11.0. The second-order valence-electron chi connectivity index (χ2n) is 6.52.